The predicted molar refractivity (Wildman–Crippen MR) is 131 cm³/mol. The van der Waals surface area contributed by atoms with Gasteiger partial charge in [-0.2, -0.15) is 0 Å². The van der Waals surface area contributed by atoms with Crippen LogP contribution in [0.5, 0.6) is 0 Å². The van der Waals surface area contributed by atoms with Crippen LogP contribution in [0.2, 0.25) is 6.04 Å². The second-order valence-corrected chi connectivity index (χ2v) is 17.7. The highest BCUT2D eigenvalue weighted by atomic mass is 35.8. The van der Waals surface area contributed by atoms with Gasteiger partial charge in [-0.05, 0) is 18.9 Å². The summed E-state index contributed by atoms with van der Waals surface area (Å²) >= 11 is 17.6. The SMILES string of the molecule is CCCCCCCCCCCCCCCCCC[Si](Cl)(Cl)Cl.O=C1CCCC1. The number of hydrogen-bond acceptors (Lipinski definition) is 1. The van der Waals surface area contributed by atoms with E-state index < -0.39 is 6.00 Å². The van der Waals surface area contributed by atoms with E-state index in [0.29, 0.717) is 5.78 Å². The lowest BCUT2D eigenvalue weighted by Gasteiger charge is -2.07. The van der Waals surface area contributed by atoms with Crippen LogP contribution >= 0.6 is 33.2 Å². The molecule has 1 aliphatic carbocycles. The first-order chi connectivity index (χ1) is 13.5. The van der Waals surface area contributed by atoms with E-state index >= 15 is 0 Å². The molecule has 0 spiro atoms. The molecular formula is C23H45Cl3OSi. The highest BCUT2D eigenvalue weighted by Crippen LogP contribution is 2.27. The summed E-state index contributed by atoms with van der Waals surface area (Å²) < 4.78 is 0. The van der Waals surface area contributed by atoms with Gasteiger partial charge >= 0.3 is 6.00 Å². The van der Waals surface area contributed by atoms with Gasteiger partial charge in [0.1, 0.15) is 5.78 Å². The third-order valence-corrected chi connectivity index (χ3v) is 8.10. The zero-order valence-electron chi connectivity index (χ0n) is 18.4. The Morgan fingerprint density at radius 2 is 0.929 bits per heavy atom. The summed E-state index contributed by atoms with van der Waals surface area (Å²) in [4.78, 5) is 10.2. The first-order valence-electron chi connectivity index (χ1n) is 12.0. The van der Waals surface area contributed by atoms with E-state index in [1.165, 1.54) is 96.3 Å². The molecule has 1 aliphatic rings. The number of halogens is 3. The quantitative estimate of drug-likeness (QED) is 0.117. The van der Waals surface area contributed by atoms with Crippen LogP contribution in [0.3, 0.4) is 0 Å². The zero-order chi connectivity index (χ0) is 20.9. The Bertz CT molecular complexity index is 337. The van der Waals surface area contributed by atoms with E-state index in [9.17, 15) is 4.79 Å². The van der Waals surface area contributed by atoms with E-state index in [0.717, 1.165) is 38.1 Å². The van der Waals surface area contributed by atoms with Gasteiger partial charge in [-0.15, -0.1) is 33.2 Å². The average molecular weight is 472 g/mol. The molecule has 28 heavy (non-hydrogen) atoms. The monoisotopic (exact) mass is 470 g/mol. The summed E-state index contributed by atoms with van der Waals surface area (Å²) in [7, 11) is 0. The molecule has 5 heteroatoms. The summed E-state index contributed by atoms with van der Waals surface area (Å²) in [6, 6.07) is -1.52. The molecule has 0 aliphatic heterocycles. The smallest absolute Gasteiger partial charge is 0.300 e. The predicted octanol–water partition coefficient (Wildman–Crippen LogP) is 10.0. The molecule has 168 valence electrons. The maximum Gasteiger partial charge on any atom is 0.341 e. The summed E-state index contributed by atoms with van der Waals surface area (Å²) in [6.45, 7) is 2.28. The maximum absolute atomic E-state index is 10.2. The van der Waals surface area contributed by atoms with Gasteiger partial charge in [0.25, 0.3) is 0 Å². The van der Waals surface area contributed by atoms with Crippen LogP contribution in [-0.2, 0) is 4.79 Å². The summed E-state index contributed by atoms with van der Waals surface area (Å²) in [6.07, 6.45) is 26.1. The van der Waals surface area contributed by atoms with Crippen molar-refractivity contribution in [1.82, 2.24) is 0 Å². The maximum atomic E-state index is 10.2. The molecule has 0 radical (unpaired) electrons. The minimum absolute atomic E-state index is 0.454. The van der Waals surface area contributed by atoms with E-state index in [4.69, 9.17) is 33.2 Å². The number of carbonyl (C=O) groups excluding carboxylic acids is 1. The van der Waals surface area contributed by atoms with Crippen LogP contribution in [0.4, 0.5) is 0 Å². The molecule has 0 aromatic heterocycles. The molecule has 0 aromatic carbocycles. The molecule has 0 unspecified atom stereocenters. The minimum Gasteiger partial charge on any atom is -0.300 e. The first kappa shape index (κ1) is 28.8. The highest BCUT2D eigenvalue weighted by Gasteiger charge is 2.23. The normalized spacial score (nSPS) is 14.2. The minimum atomic E-state index is -2.35. The Kier molecular flexibility index (Phi) is 21.6. The van der Waals surface area contributed by atoms with Crippen molar-refractivity contribution < 1.29 is 4.79 Å². The van der Waals surface area contributed by atoms with Gasteiger partial charge in [0.15, 0.2) is 0 Å². The zero-order valence-corrected chi connectivity index (χ0v) is 21.7. The number of Topliss-reactive ketones (excluding diaryl/α,β-unsaturated/α-hetero) is 1. The number of unbranched alkanes of at least 4 members (excludes halogenated alkanes) is 15. The lowest BCUT2D eigenvalue weighted by Crippen LogP contribution is -2.07. The molecule has 0 aromatic rings. The van der Waals surface area contributed by atoms with Gasteiger partial charge in [-0.1, -0.05) is 110 Å². The van der Waals surface area contributed by atoms with Gasteiger partial charge in [-0.25, -0.2) is 0 Å². The van der Waals surface area contributed by atoms with Crippen LogP contribution in [0, 0.1) is 0 Å². The van der Waals surface area contributed by atoms with E-state index in [1.54, 1.807) is 0 Å². The molecule has 0 atom stereocenters. The van der Waals surface area contributed by atoms with Crippen molar-refractivity contribution in [3.05, 3.63) is 0 Å². The first-order valence-corrected chi connectivity index (χ1v) is 17.3. The molecule has 0 amide bonds. The summed E-state index contributed by atoms with van der Waals surface area (Å²) in [5.74, 6) is 0.454. The van der Waals surface area contributed by atoms with Crippen molar-refractivity contribution in [2.45, 2.75) is 141 Å². The number of rotatable bonds is 17. The van der Waals surface area contributed by atoms with Crippen LogP contribution in [0.25, 0.3) is 0 Å². The average Bonchev–Trinajstić information content (AvgIpc) is 3.12. The molecule has 0 heterocycles. The number of ketones is 1. The standard InChI is InChI=1S/C18H37Cl3Si.C5H8O/c1-2-3-4-5-6-7-8-9-10-11-12-13-14-15-16-17-18-22(19,20)21;6-5-3-1-2-4-5/h2-18H2,1H3;1-4H2. The Labute approximate surface area is 190 Å². The Hall–Kier alpha value is 0.757. The molecule has 1 rings (SSSR count). The molecule has 0 N–H and O–H groups in total. The van der Waals surface area contributed by atoms with Crippen molar-refractivity contribution in [1.29, 1.82) is 0 Å². The second-order valence-electron chi connectivity index (χ2n) is 8.41. The van der Waals surface area contributed by atoms with Crippen molar-refractivity contribution in [3.63, 3.8) is 0 Å². The molecule has 1 nitrogen and oxygen atoms in total. The van der Waals surface area contributed by atoms with Crippen LogP contribution in [0.1, 0.15) is 135 Å². The summed E-state index contributed by atoms with van der Waals surface area (Å²) in [5.41, 5.74) is 0. The van der Waals surface area contributed by atoms with Crippen molar-refractivity contribution in [3.8, 4) is 0 Å². The third-order valence-electron chi connectivity index (χ3n) is 5.48. The van der Waals surface area contributed by atoms with Crippen LogP contribution < -0.4 is 0 Å². The van der Waals surface area contributed by atoms with Gasteiger partial charge in [0.05, 0.1) is 0 Å². The Morgan fingerprint density at radius 3 is 1.18 bits per heavy atom. The van der Waals surface area contributed by atoms with E-state index in [1.807, 2.05) is 0 Å². The summed E-state index contributed by atoms with van der Waals surface area (Å²) in [5, 5.41) is 0. The van der Waals surface area contributed by atoms with Gasteiger partial charge in [0, 0.05) is 12.8 Å². The molecule has 1 fully saturated rings. The number of carbonyl (C=O) groups is 1. The van der Waals surface area contributed by atoms with Gasteiger partial charge in [-0.3, -0.25) is 4.79 Å². The fraction of sp³-hybridized carbons (Fsp3) is 0.957. The fourth-order valence-electron chi connectivity index (χ4n) is 3.64. The largest absolute Gasteiger partial charge is 0.341 e. The molecule has 0 bridgehead atoms. The molecule has 1 saturated carbocycles. The lowest BCUT2D eigenvalue weighted by atomic mass is 10.0. The Balaban J connectivity index is 0.00000102. The van der Waals surface area contributed by atoms with Gasteiger partial charge < -0.3 is 0 Å². The topological polar surface area (TPSA) is 17.1 Å². The molecule has 0 saturated heterocycles. The highest BCUT2D eigenvalue weighted by molar-refractivity contribution is 7.64. The van der Waals surface area contributed by atoms with Crippen LogP contribution in [0.15, 0.2) is 0 Å². The number of hydrogen-bond donors (Lipinski definition) is 0. The van der Waals surface area contributed by atoms with Crippen molar-refractivity contribution in [2.75, 3.05) is 0 Å². The Morgan fingerprint density at radius 1 is 0.607 bits per heavy atom. The second kappa shape index (κ2) is 21.0. The van der Waals surface area contributed by atoms with E-state index in [-0.39, 0.29) is 0 Å². The van der Waals surface area contributed by atoms with Crippen molar-refractivity contribution in [2.24, 2.45) is 0 Å². The van der Waals surface area contributed by atoms with Crippen LogP contribution in [-0.4, -0.2) is 11.8 Å². The fourth-order valence-corrected chi connectivity index (χ4v) is 5.50. The van der Waals surface area contributed by atoms with E-state index in [2.05, 4.69) is 6.92 Å². The van der Waals surface area contributed by atoms with Gasteiger partial charge in [0.2, 0.25) is 0 Å². The molecular weight excluding hydrogens is 427 g/mol. The lowest BCUT2D eigenvalue weighted by molar-refractivity contribution is -0.117. The third kappa shape index (κ3) is 24.8. The van der Waals surface area contributed by atoms with Crippen molar-refractivity contribution >= 4 is 45.0 Å².